The number of nitrogens with one attached hydrogen (secondary N) is 2. The number of amides is 2. The lowest BCUT2D eigenvalue weighted by atomic mass is 10.0. The fourth-order valence-corrected chi connectivity index (χ4v) is 5.53. The first kappa shape index (κ1) is 24.9. The molecule has 0 radical (unpaired) electrons. The van der Waals surface area contributed by atoms with Crippen LogP contribution in [0.5, 0.6) is 0 Å². The molecular weight excluding hydrogens is 503 g/mol. The van der Waals surface area contributed by atoms with Gasteiger partial charge in [0.1, 0.15) is 23.1 Å². The van der Waals surface area contributed by atoms with Gasteiger partial charge in [-0.25, -0.2) is 19.0 Å². The molecule has 2 fully saturated rings. The molecule has 0 unspecified atom stereocenters. The summed E-state index contributed by atoms with van der Waals surface area (Å²) >= 11 is 6.65. The lowest BCUT2D eigenvalue weighted by molar-refractivity contribution is 0.0516. The number of hydrogen-bond acceptors (Lipinski definition) is 6. The van der Waals surface area contributed by atoms with E-state index in [0.29, 0.717) is 34.8 Å². The van der Waals surface area contributed by atoms with Gasteiger partial charge in [-0.1, -0.05) is 11.6 Å². The van der Waals surface area contributed by atoms with Gasteiger partial charge >= 0.3 is 12.2 Å². The first-order valence-corrected chi connectivity index (χ1v) is 12.2. The van der Waals surface area contributed by atoms with Crippen LogP contribution < -0.4 is 15.1 Å². The average molecular weight is 529 g/mol. The monoisotopic (exact) mass is 528 g/mol. The highest BCUT2D eigenvalue weighted by molar-refractivity contribution is 6.36. The molecule has 194 valence electrons. The fraction of sp³-hybridized carbons (Fsp3) is 0.440. The molecule has 10 nitrogen and oxygen atoms in total. The third-order valence-corrected chi connectivity index (χ3v) is 7.38. The van der Waals surface area contributed by atoms with Crippen molar-refractivity contribution < 1.29 is 23.8 Å². The Morgan fingerprint density at radius 3 is 2.81 bits per heavy atom. The van der Waals surface area contributed by atoms with Crippen molar-refractivity contribution in [1.29, 1.82) is 5.26 Å². The number of pyridine rings is 1. The summed E-state index contributed by atoms with van der Waals surface area (Å²) in [5, 5.41) is 23.3. The second kappa shape index (κ2) is 8.38. The zero-order valence-electron chi connectivity index (χ0n) is 20.8. The van der Waals surface area contributed by atoms with Crippen molar-refractivity contribution in [3.8, 4) is 6.07 Å². The number of hydrogen-bond donors (Lipinski definition) is 3. The third-order valence-electron chi connectivity index (χ3n) is 7.10. The molecule has 1 spiro atoms. The van der Waals surface area contributed by atoms with E-state index < -0.39 is 23.6 Å². The summed E-state index contributed by atoms with van der Waals surface area (Å²) in [6.45, 7) is 6.63. The molecule has 1 aliphatic heterocycles. The van der Waals surface area contributed by atoms with Gasteiger partial charge in [0.15, 0.2) is 0 Å². The minimum atomic E-state index is -1.28. The van der Waals surface area contributed by atoms with Crippen LogP contribution in [0.15, 0.2) is 12.3 Å². The van der Waals surface area contributed by atoms with Crippen LogP contribution in [0.2, 0.25) is 5.02 Å². The summed E-state index contributed by atoms with van der Waals surface area (Å²) in [5.74, 6) is -0.841. The molecule has 3 heterocycles. The number of benzene rings is 1. The minimum absolute atomic E-state index is 0.0469. The number of alkyl carbamates (subject to hydrolysis) is 1. The van der Waals surface area contributed by atoms with Gasteiger partial charge in [0, 0.05) is 43.0 Å². The average Bonchev–Trinajstić information content (AvgIpc) is 3.12. The molecular formula is C25H26ClFN6O4. The van der Waals surface area contributed by atoms with Gasteiger partial charge in [-0.05, 0) is 33.6 Å². The third kappa shape index (κ3) is 4.15. The number of carbonyl (C=O) groups excluding carboxylic acids is 1. The van der Waals surface area contributed by atoms with E-state index in [9.17, 15) is 20.0 Å². The number of rotatable bonds is 3. The Labute approximate surface area is 216 Å². The quantitative estimate of drug-likeness (QED) is 0.436. The van der Waals surface area contributed by atoms with Gasteiger partial charge in [-0.3, -0.25) is 4.90 Å². The Kier molecular flexibility index (Phi) is 5.64. The molecule has 2 aromatic heterocycles. The van der Waals surface area contributed by atoms with Gasteiger partial charge in [-0.2, -0.15) is 5.26 Å². The molecule has 1 saturated heterocycles. The lowest BCUT2D eigenvalue weighted by Crippen LogP contribution is -2.36. The van der Waals surface area contributed by atoms with E-state index in [1.807, 2.05) is 26.8 Å². The van der Waals surface area contributed by atoms with Gasteiger partial charge in [-0.15, -0.1) is 0 Å². The maximum Gasteiger partial charge on any atom is 0.411 e. The zero-order valence-corrected chi connectivity index (χ0v) is 21.5. The van der Waals surface area contributed by atoms with Crippen LogP contribution in [0.1, 0.15) is 39.2 Å². The molecule has 5 rings (SSSR count). The summed E-state index contributed by atoms with van der Waals surface area (Å²) in [6.07, 6.45) is 1.31. The number of fused-ring (bicyclic) bond motifs is 3. The number of carbonyl (C=O) groups is 2. The Balaban J connectivity index is 1.56. The number of nitriles is 1. The topological polar surface area (TPSA) is 135 Å². The van der Waals surface area contributed by atoms with E-state index in [2.05, 4.69) is 20.2 Å². The summed E-state index contributed by atoms with van der Waals surface area (Å²) in [4.78, 5) is 34.3. The SMILES string of the molecule is CN(C(=O)O)c1cc(F)c(C#N)c2c1[nH]c1ncc(Cl)c(N3CC[C@]4(C[C@@H]4NC(=O)OC(C)(C)C)C3)c12. The van der Waals surface area contributed by atoms with Crippen LogP contribution in [-0.2, 0) is 4.74 Å². The number of carboxylic acid groups (broad SMARTS) is 1. The maximum atomic E-state index is 15.1. The second-order valence-corrected chi connectivity index (χ2v) is 11.1. The number of aromatic amines is 1. The highest BCUT2D eigenvalue weighted by Gasteiger charge is 2.58. The van der Waals surface area contributed by atoms with Crippen LogP contribution in [0.4, 0.5) is 25.4 Å². The molecule has 3 aromatic rings. The number of ether oxygens (including phenoxy) is 1. The predicted molar refractivity (Wildman–Crippen MR) is 137 cm³/mol. The standard InChI is InChI=1S/C25H26ClFN6O4/c1-24(2,3)37-22(34)30-16-8-25(16)5-6-33(11-25)20-13(26)10-29-21-18(20)17-12(9-28)14(27)7-15(19(17)31-21)32(4)23(35)36/h7,10,16H,5-6,8,11H2,1-4H3,(H,29,31)(H,30,34)(H,35,36)/t16-,25-/m0/s1. The molecule has 0 bridgehead atoms. The molecule has 1 aromatic carbocycles. The molecule has 2 amide bonds. The minimum Gasteiger partial charge on any atom is -0.465 e. The van der Waals surface area contributed by atoms with Crippen LogP contribution in [0, 0.1) is 22.6 Å². The Morgan fingerprint density at radius 1 is 1.43 bits per heavy atom. The van der Waals surface area contributed by atoms with Crippen LogP contribution >= 0.6 is 11.6 Å². The van der Waals surface area contributed by atoms with Crippen molar-refractivity contribution in [3.63, 3.8) is 0 Å². The zero-order chi connectivity index (χ0) is 26.9. The molecule has 2 aliphatic rings. The van der Waals surface area contributed by atoms with Crippen LogP contribution in [-0.4, -0.2) is 59.0 Å². The number of anilines is 2. The van der Waals surface area contributed by atoms with Crippen molar-refractivity contribution >= 4 is 57.1 Å². The Bertz CT molecular complexity index is 1510. The van der Waals surface area contributed by atoms with Crippen molar-refractivity contribution in [3.05, 3.63) is 28.7 Å². The van der Waals surface area contributed by atoms with Crippen molar-refractivity contribution in [2.24, 2.45) is 5.41 Å². The van der Waals surface area contributed by atoms with Crippen LogP contribution in [0.3, 0.4) is 0 Å². The summed E-state index contributed by atoms with van der Waals surface area (Å²) < 4.78 is 20.5. The van der Waals surface area contributed by atoms with Crippen molar-refractivity contribution in [2.45, 2.75) is 45.3 Å². The fourth-order valence-electron chi connectivity index (χ4n) is 5.27. The van der Waals surface area contributed by atoms with Gasteiger partial charge in [0.2, 0.25) is 0 Å². The van der Waals surface area contributed by atoms with Crippen molar-refractivity contribution in [2.75, 3.05) is 29.9 Å². The second-order valence-electron chi connectivity index (χ2n) is 10.7. The highest BCUT2D eigenvalue weighted by atomic mass is 35.5. The number of halogens is 2. The Hall–Kier alpha value is -3.78. The number of aromatic nitrogens is 2. The first-order chi connectivity index (χ1) is 17.3. The summed E-state index contributed by atoms with van der Waals surface area (Å²) in [6, 6.07) is 2.89. The summed E-state index contributed by atoms with van der Waals surface area (Å²) in [7, 11) is 1.30. The van der Waals surface area contributed by atoms with E-state index >= 15 is 4.39 Å². The van der Waals surface area contributed by atoms with Crippen molar-refractivity contribution in [1.82, 2.24) is 15.3 Å². The molecule has 1 saturated carbocycles. The normalized spacial score (nSPS) is 20.9. The predicted octanol–water partition coefficient (Wildman–Crippen LogP) is 4.99. The largest absolute Gasteiger partial charge is 0.465 e. The highest BCUT2D eigenvalue weighted by Crippen LogP contribution is 2.55. The van der Waals surface area contributed by atoms with Crippen LogP contribution in [0.25, 0.3) is 21.9 Å². The van der Waals surface area contributed by atoms with E-state index in [1.54, 1.807) is 0 Å². The molecule has 2 atom stereocenters. The van der Waals surface area contributed by atoms with E-state index in [0.717, 1.165) is 23.8 Å². The smallest absolute Gasteiger partial charge is 0.411 e. The molecule has 3 N–H and O–H groups in total. The molecule has 12 heteroatoms. The Morgan fingerprint density at radius 2 is 2.16 bits per heavy atom. The first-order valence-electron chi connectivity index (χ1n) is 11.8. The maximum absolute atomic E-state index is 15.1. The molecule has 1 aliphatic carbocycles. The lowest BCUT2D eigenvalue weighted by Gasteiger charge is -2.22. The van der Waals surface area contributed by atoms with Gasteiger partial charge in [0.25, 0.3) is 0 Å². The van der Waals surface area contributed by atoms with Gasteiger partial charge in [0.05, 0.1) is 39.1 Å². The summed E-state index contributed by atoms with van der Waals surface area (Å²) in [5.41, 5.74) is 0.305. The number of H-pyrrole nitrogens is 1. The van der Waals surface area contributed by atoms with Gasteiger partial charge < -0.3 is 25.0 Å². The molecule has 37 heavy (non-hydrogen) atoms. The van der Waals surface area contributed by atoms with E-state index in [1.165, 1.54) is 13.2 Å². The van der Waals surface area contributed by atoms with E-state index in [-0.39, 0.29) is 33.6 Å². The number of nitrogens with zero attached hydrogens (tertiary/aromatic N) is 4. The van der Waals surface area contributed by atoms with E-state index in [4.69, 9.17) is 16.3 Å².